The first-order valence-electron chi connectivity index (χ1n) is 6.83. The molecule has 0 aliphatic heterocycles. The number of ether oxygens (including phenoxy) is 1. The molecule has 0 aliphatic carbocycles. The van der Waals surface area contributed by atoms with Crippen LogP contribution in [0, 0.1) is 0 Å². The highest BCUT2D eigenvalue weighted by Crippen LogP contribution is 2.30. The Hall–Kier alpha value is -2.71. The van der Waals surface area contributed by atoms with Gasteiger partial charge < -0.3 is 4.74 Å². The van der Waals surface area contributed by atoms with Gasteiger partial charge in [0.15, 0.2) is 0 Å². The van der Waals surface area contributed by atoms with E-state index in [-0.39, 0.29) is 5.65 Å². The Labute approximate surface area is 138 Å². The van der Waals surface area contributed by atoms with E-state index in [2.05, 4.69) is 16.3 Å². The van der Waals surface area contributed by atoms with Crippen molar-refractivity contribution >= 4 is 11.2 Å². The van der Waals surface area contributed by atoms with Crippen molar-refractivity contribution in [2.45, 2.75) is 19.5 Å². The summed E-state index contributed by atoms with van der Waals surface area (Å²) >= 11 is 0. The first-order chi connectivity index (χ1) is 11.5. The minimum Gasteiger partial charge on any atom is -0.406 e. The quantitative estimate of drug-likeness (QED) is 0.416. The highest BCUT2D eigenvalue weighted by Gasteiger charge is 2.34. The number of alkyl halides is 6. The molecule has 0 radical (unpaired) electrons. The van der Waals surface area contributed by atoms with Crippen LogP contribution in [-0.2, 0) is 10.9 Å². The van der Waals surface area contributed by atoms with Crippen LogP contribution in [0.25, 0.3) is 11.2 Å². The minimum atomic E-state index is -4.86. The molecule has 0 saturated heterocycles. The van der Waals surface area contributed by atoms with Crippen molar-refractivity contribution in [3.8, 4) is 0 Å². The van der Waals surface area contributed by atoms with Crippen LogP contribution in [0.2, 0.25) is 0 Å². The van der Waals surface area contributed by atoms with Gasteiger partial charge in [0, 0.05) is 6.20 Å². The van der Waals surface area contributed by atoms with E-state index in [9.17, 15) is 26.3 Å². The summed E-state index contributed by atoms with van der Waals surface area (Å²) in [6, 6.07) is 2.90. The summed E-state index contributed by atoms with van der Waals surface area (Å²) in [6.45, 7) is 4.75. The first-order valence-corrected chi connectivity index (χ1v) is 6.83. The highest BCUT2D eigenvalue weighted by atomic mass is 19.4. The summed E-state index contributed by atoms with van der Waals surface area (Å²) in [5.74, 6) is -0.536. The lowest BCUT2D eigenvalue weighted by atomic mass is 10.1. The third-order valence-corrected chi connectivity index (χ3v) is 3.18. The molecule has 0 spiro atoms. The number of hydrogen-bond acceptors (Lipinski definition) is 2. The van der Waals surface area contributed by atoms with Crippen molar-refractivity contribution in [3.05, 3.63) is 66.3 Å². The fourth-order valence-electron chi connectivity index (χ4n) is 2.00. The number of fused-ring (bicyclic) bond motifs is 1. The molecular formula is C16H12F6N2O. The van der Waals surface area contributed by atoms with E-state index in [4.69, 9.17) is 0 Å². The zero-order chi connectivity index (χ0) is 18.8. The van der Waals surface area contributed by atoms with Gasteiger partial charge in [-0.2, -0.15) is 13.2 Å². The van der Waals surface area contributed by atoms with Crippen LogP contribution < -0.4 is 0 Å². The molecular weight excluding hydrogens is 350 g/mol. The van der Waals surface area contributed by atoms with Crippen molar-refractivity contribution < 1.29 is 31.1 Å². The number of nitrogens with zero attached hydrogens (tertiary/aromatic N) is 2. The van der Waals surface area contributed by atoms with E-state index in [1.807, 2.05) is 0 Å². The molecule has 2 aromatic heterocycles. The topological polar surface area (TPSA) is 26.5 Å². The third kappa shape index (κ3) is 4.65. The molecule has 2 rings (SSSR count). The summed E-state index contributed by atoms with van der Waals surface area (Å²) in [5, 5.41) is 0. The average molecular weight is 362 g/mol. The molecule has 3 nitrogen and oxygen atoms in total. The number of hydrogen-bond donors (Lipinski definition) is 0. The molecule has 0 amide bonds. The molecule has 0 aromatic carbocycles. The lowest BCUT2D eigenvalue weighted by Crippen LogP contribution is -2.11. The fourth-order valence-corrected chi connectivity index (χ4v) is 2.00. The molecule has 0 N–H and O–H groups in total. The molecule has 9 heteroatoms. The monoisotopic (exact) mass is 362 g/mol. The Morgan fingerprint density at radius 2 is 1.84 bits per heavy atom. The van der Waals surface area contributed by atoms with Gasteiger partial charge in [0.1, 0.15) is 17.1 Å². The van der Waals surface area contributed by atoms with E-state index in [1.54, 1.807) is 0 Å². The predicted octanol–water partition coefficient (Wildman–Crippen LogP) is 5.36. The van der Waals surface area contributed by atoms with Crippen molar-refractivity contribution in [2.24, 2.45) is 0 Å². The normalized spacial score (nSPS) is 14.0. The number of imidazole rings is 1. The molecule has 0 fully saturated rings. The van der Waals surface area contributed by atoms with Crippen LogP contribution in [0.3, 0.4) is 0 Å². The summed E-state index contributed by atoms with van der Waals surface area (Å²) in [4.78, 5) is 3.67. The largest absolute Gasteiger partial charge is 0.573 e. The Morgan fingerprint density at radius 3 is 2.40 bits per heavy atom. The Kier molecular flexibility index (Phi) is 4.96. The van der Waals surface area contributed by atoms with E-state index in [0.29, 0.717) is 17.3 Å². The molecule has 0 aliphatic rings. The second kappa shape index (κ2) is 6.66. The van der Waals surface area contributed by atoms with Crippen molar-refractivity contribution in [1.29, 1.82) is 0 Å². The van der Waals surface area contributed by atoms with Crippen molar-refractivity contribution in [1.82, 2.24) is 9.38 Å². The number of pyridine rings is 1. The van der Waals surface area contributed by atoms with Crippen LogP contribution in [0.4, 0.5) is 26.3 Å². The van der Waals surface area contributed by atoms with Gasteiger partial charge in [-0.25, -0.2) is 4.98 Å². The third-order valence-electron chi connectivity index (χ3n) is 3.18. The smallest absolute Gasteiger partial charge is 0.406 e. The van der Waals surface area contributed by atoms with Crippen LogP contribution in [0.15, 0.2) is 55.1 Å². The number of halogens is 6. The van der Waals surface area contributed by atoms with Gasteiger partial charge in [-0.05, 0) is 42.3 Å². The molecule has 0 bridgehead atoms. The minimum absolute atomic E-state index is 0.103. The lowest BCUT2D eigenvalue weighted by Gasteiger charge is -2.09. The summed E-state index contributed by atoms with van der Waals surface area (Å²) in [5.41, 5.74) is -0.0389. The maximum Gasteiger partial charge on any atom is 0.573 e. The lowest BCUT2D eigenvalue weighted by molar-refractivity contribution is -0.303. The SMILES string of the molecule is C=C/C(=C\C=C(/C)c1ccc2ncc(C(F)(F)F)n2c1)OC(F)(F)F. The van der Waals surface area contributed by atoms with E-state index < -0.39 is 24.0 Å². The highest BCUT2D eigenvalue weighted by molar-refractivity contribution is 5.66. The molecule has 2 heterocycles. The molecule has 134 valence electrons. The maximum atomic E-state index is 12.9. The standard InChI is InChI=1S/C16H12F6N2O/c1-3-12(25-16(20,21)22)6-4-10(2)11-5-7-14-23-8-13(15(17,18)19)24(14)9-11/h3-9H,1H2,2H3/b10-4+,12-6+. The molecule has 0 atom stereocenters. The number of aromatic nitrogens is 2. The zero-order valence-electron chi connectivity index (χ0n) is 12.8. The zero-order valence-corrected chi connectivity index (χ0v) is 12.8. The average Bonchev–Trinajstić information content (AvgIpc) is 2.93. The van der Waals surface area contributed by atoms with Gasteiger partial charge in [-0.15, -0.1) is 13.2 Å². The second-order valence-electron chi connectivity index (χ2n) is 4.96. The fraction of sp³-hybridized carbons (Fsp3) is 0.188. The van der Waals surface area contributed by atoms with E-state index >= 15 is 0 Å². The van der Waals surface area contributed by atoms with Gasteiger partial charge in [-0.1, -0.05) is 12.7 Å². The van der Waals surface area contributed by atoms with Crippen molar-refractivity contribution in [2.75, 3.05) is 0 Å². The van der Waals surface area contributed by atoms with Crippen molar-refractivity contribution in [3.63, 3.8) is 0 Å². The van der Waals surface area contributed by atoms with Gasteiger partial charge in [0.2, 0.25) is 0 Å². The number of rotatable bonds is 4. The number of allylic oxidation sites excluding steroid dienone is 4. The van der Waals surface area contributed by atoms with Crippen LogP contribution >= 0.6 is 0 Å². The van der Waals surface area contributed by atoms with Crippen LogP contribution in [-0.4, -0.2) is 15.7 Å². The second-order valence-corrected chi connectivity index (χ2v) is 4.96. The van der Waals surface area contributed by atoms with Gasteiger partial charge >= 0.3 is 12.5 Å². The first kappa shape index (κ1) is 18.6. The van der Waals surface area contributed by atoms with Crippen LogP contribution in [0.1, 0.15) is 18.2 Å². The van der Waals surface area contributed by atoms with E-state index in [1.165, 1.54) is 31.3 Å². The maximum absolute atomic E-state index is 12.9. The van der Waals surface area contributed by atoms with E-state index in [0.717, 1.165) is 16.6 Å². The Bertz CT molecular complexity index is 842. The Balaban J connectivity index is 2.38. The van der Waals surface area contributed by atoms with Gasteiger partial charge in [0.05, 0.1) is 6.20 Å². The molecule has 25 heavy (non-hydrogen) atoms. The molecule has 0 unspecified atom stereocenters. The van der Waals surface area contributed by atoms with Gasteiger partial charge in [-0.3, -0.25) is 4.40 Å². The Morgan fingerprint density at radius 1 is 1.16 bits per heavy atom. The summed E-state index contributed by atoms with van der Waals surface area (Å²) in [6.07, 6.45) is -4.33. The van der Waals surface area contributed by atoms with Gasteiger partial charge in [0.25, 0.3) is 0 Å². The predicted molar refractivity (Wildman–Crippen MR) is 79.3 cm³/mol. The summed E-state index contributed by atoms with van der Waals surface area (Å²) < 4.78 is 79.9. The molecule has 0 saturated carbocycles. The molecule has 2 aromatic rings. The van der Waals surface area contributed by atoms with Crippen LogP contribution in [0.5, 0.6) is 0 Å². The summed E-state index contributed by atoms with van der Waals surface area (Å²) in [7, 11) is 0.